The number of aromatic hydroxyl groups is 1. The first kappa shape index (κ1) is 23.7. The lowest BCUT2D eigenvalue weighted by molar-refractivity contribution is 0.299. The molecule has 0 aliphatic rings. The number of hydrogen-bond acceptors (Lipinski definition) is 2. The molecular formula is C30H36O2. The monoisotopic (exact) mass is 428 g/mol. The minimum absolute atomic E-state index is 0.208. The van der Waals surface area contributed by atoms with Crippen LogP contribution in [0.15, 0.2) is 72.8 Å². The molecule has 0 radical (unpaired) electrons. The van der Waals surface area contributed by atoms with E-state index in [4.69, 9.17) is 4.74 Å². The van der Waals surface area contributed by atoms with Gasteiger partial charge in [0.1, 0.15) is 11.5 Å². The first-order valence-corrected chi connectivity index (χ1v) is 11.4. The van der Waals surface area contributed by atoms with Gasteiger partial charge in [-0.1, -0.05) is 102 Å². The Labute approximate surface area is 193 Å². The average Bonchev–Trinajstić information content (AvgIpc) is 2.74. The molecule has 0 spiro atoms. The maximum atomic E-state index is 11.2. The van der Waals surface area contributed by atoms with Crippen LogP contribution >= 0.6 is 0 Å². The summed E-state index contributed by atoms with van der Waals surface area (Å²) in [5.41, 5.74) is 5.68. The van der Waals surface area contributed by atoms with Gasteiger partial charge in [0.2, 0.25) is 0 Å². The molecule has 0 heterocycles. The standard InChI is InChI=1S/C30H36O2/c1-8-32-28(22-17-13-10-14-18-22)26(21-15-11-9-12-16-21)23-19-24(29(2,3)4)27(31)25(20-23)30(5,6)7/h9-20,31H,8H2,1-7H3/b28-26+. The van der Waals surface area contributed by atoms with E-state index >= 15 is 0 Å². The normalized spacial score (nSPS) is 13.0. The van der Waals surface area contributed by atoms with Crippen molar-refractivity contribution in [2.24, 2.45) is 0 Å². The van der Waals surface area contributed by atoms with Crippen molar-refractivity contribution in [3.63, 3.8) is 0 Å². The molecule has 0 fully saturated rings. The highest BCUT2D eigenvalue weighted by molar-refractivity contribution is 5.96. The zero-order valence-corrected chi connectivity index (χ0v) is 20.5. The smallest absolute Gasteiger partial charge is 0.134 e. The van der Waals surface area contributed by atoms with Gasteiger partial charge in [-0.3, -0.25) is 0 Å². The van der Waals surface area contributed by atoms with Gasteiger partial charge in [0.05, 0.1) is 6.61 Å². The molecule has 2 nitrogen and oxygen atoms in total. The Kier molecular flexibility index (Phi) is 6.83. The third kappa shape index (κ3) is 5.07. The van der Waals surface area contributed by atoms with E-state index in [0.717, 1.165) is 39.1 Å². The van der Waals surface area contributed by atoms with E-state index in [9.17, 15) is 5.11 Å². The quantitative estimate of drug-likeness (QED) is 0.330. The molecule has 0 aliphatic carbocycles. The second kappa shape index (κ2) is 9.24. The summed E-state index contributed by atoms with van der Waals surface area (Å²) in [6.45, 7) is 15.4. The predicted molar refractivity (Wildman–Crippen MR) is 136 cm³/mol. The van der Waals surface area contributed by atoms with Crippen LogP contribution in [0, 0.1) is 0 Å². The van der Waals surface area contributed by atoms with Gasteiger partial charge in [0, 0.05) is 22.3 Å². The van der Waals surface area contributed by atoms with Gasteiger partial charge in [-0.2, -0.15) is 0 Å². The number of phenols is 1. The molecule has 3 rings (SSSR count). The van der Waals surface area contributed by atoms with E-state index in [2.05, 4.69) is 90.1 Å². The number of rotatable bonds is 5. The molecule has 0 atom stereocenters. The molecule has 3 aromatic rings. The lowest BCUT2D eigenvalue weighted by Crippen LogP contribution is -2.18. The first-order chi connectivity index (χ1) is 15.0. The number of benzene rings is 3. The molecule has 0 amide bonds. The van der Waals surface area contributed by atoms with Crippen LogP contribution in [0.4, 0.5) is 0 Å². The Morgan fingerprint density at radius 1 is 0.688 bits per heavy atom. The highest BCUT2D eigenvalue weighted by Crippen LogP contribution is 2.43. The van der Waals surface area contributed by atoms with Crippen molar-refractivity contribution >= 4 is 11.3 Å². The van der Waals surface area contributed by atoms with Crippen LogP contribution < -0.4 is 0 Å². The van der Waals surface area contributed by atoms with Crippen molar-refractivity contribution < 1.29 is 9.84 Å². The Morgan fingerprint density at radius 3 is 1.53 bits per heavy atom. The molecule has 2 heteroatoms. The SMILES string of the molecule is CCO/C(=C(\c1ccccc1)c1cc(C(C)(C)C)c(O)c(C(C)(C)C)c1)c1ccccc1. The van der Waals surface area contributed by atoms with Crippen LogP contribution in [0.2, 0.25) is 0 Å². The summed E-state index contributed by atoms with van der Waals surface area (Å²) in [4.78, 5) is 0. The summed E-state index contributed by atoms with van der Waals surface area (Å²) in [6.07, 6.45) is 0. The Bertz CT molecular complexity index is 1040. The van der Waals surface area contributed by atoms with Crippen LogP contribution in [0.25, 0.3) is 11.3 Å². The van der Waals surface area contributed by atoms with E-state index in [1.807, 2.05) is 31.2 Å². The fourth-order valence-electron chi connectivity index (χ4n) is 3.99. The Hall–Kier alpha value is -3.00. The molecule has 3 aromatic carbocycles. The van der Waals surface area contributed by atoms with Crippen LogP contribution in [0.3, 0.4) is 0 Å². The second-order valence-electron chi connectivity index (χ2n) is 10.3. The minimum Gasteiger partial charge on any atom is -0.507 e. The molecule has 0 aliphatic heterocycles. The van der Waals surface area contributed by atoms with E-state index < -0.39 is 0 Å². The zero-order chi connectivity index (χ0) is 23.5. The second-order valence-corrected chi connectivity index (χ2v) is 10.3. The van der Waals surface area contributed by atoms with Crippen molar-refractivity contribution in [1.82, 2.24) is 0 Å². The molecule has 0 aromatic heterocycles. The fourth-order valence-corrected chi connectivity index (χ4v) is 3.99. The lowest BCUT2D eigenvalue weighted by Gasteiger charge is -2.29. The average molecular weight is 429 g/mol. The van der Waals surface area contributed by atoms with Crippen LogP contribution in [0.1, 0.15) is 76.3 Å². The number of hydrogen-bond donors (Lipinski definition) is 1. The maximum Gasteiger partial charge on any atom is 0.134 e. The summed E-state index contributed by atoms with van der Waals surface area (Å²) in [5.74, 6) is 1.24. The highest BCUT2D eigenvalue weighted by Gasteiger charge is 2.28. The van der Waals surface area contributed by atoms with Gasteiger partial charge in [0.25, 0.3) is 0 Å². The number of ether oxygens (including phenoxy) is 1. The lowest BCUT2D eigenvalue weighted by atomic mass is 9.77. The van der Waals surface area contributed by atoms with Gasteiger partial charge >= 0.3 is 0 Å². The molecule has 0 unspecified atom stereocenters. The van der Waals surface area contributed by atoms with Crippen molar-refractivity contribution in [2.75, 3.05) is 6.61 Å². The molecule has 0 bridgehead atoms. The summed E-state index contributed by atoms with van der Waals surface area (Å²) in [6, 6.07) is 24.9. The number of phenolic OH excluding ortho intramolecular Hbond substituents is 1. The summed E-state index contributed by atoms with van der Waals surface area (Å²) < 4.78 is 6.30. The van der Waals surface area contributed by atoms with Crippen molar-refractivity contribution in [3.05, 3.63) is 101 Å². The fraction of sp³-hybridized carbons (Fsp3) is 0.333. The molecule has 1 N–H and O–H groups in total. The van der Waals surface area contributed by atoms with Gasteiger partial charge in [-0.15, -0.1) is 0 Å². The first-order valence-electron chi connectivity index (χ1n) is 11.4. The molecule has 168 valence electrons. The summed E-state index contributed by atoms with van der Waals surface area (Å²) in [5, 5.41) is 11.2. The third-order valence-electron chi connectivity index (χ3n) is 5.63. The Balaban J connectivity index is 2.46. The summed E-state index contributed by atoms with van der Waals surface area (Å²) >= 11 is 0. The molecule has 0 saturated heterocycles. The van der Waals surface area contributed by atoms with E-state index in [1.54, 1.807) is 0 Å². The molecule has 32 heavy (non-hydrogen) atoms. The van der Waals surface area contributed by atoms with Gasteiger partial charge in [-0.25, -0.2) is 0 Å². The summed E-state index contributed by atoms with van der Waals surface area (Å²) in [7, 11) is 0. The maximum absolute atomic E-state index is 11.2. The van der Waals surface area contributed by atoms with Crippen LogP contribution in [-0.2, 0) is 15.6 Å². The van der Waals surface area contributed by atoms with Crippen molar-refractivity contribution in [3.8, 4) is 5.75 Å². The zero-order valence-electron chi connectivity index (χ0n) is 20.5. The van der Waals surface area contributed by atoms with E-state index in [0.29, 0.717) is 12.4 Å². The van der Waals surface area contributed by atoms with E-state index in [1.165, 1.54) is 0 Å². The van der Waals surface area contributed by atoms with Gasteiger partial charge in [0.15, 0.2) is 0 Å². The largest absolute Gasteiger partial charge is 0.507 e. The highest BCUT2D eigenvalue weighted by atomic mass is 16.5. The minimum atomic E-state index is -0.208. The van der Waals surface area contributed by atoms with Crippen LogP contribution in [0.5, 0.6) is 5.75 Å². The topological polar surface area (TPSA) is 29.5 Å². The van der Waals surface area contributed by atoms with Crippen molar-refractivity contribution in [2.45, 2.75) is 59.3 Å². The van der Waals surface area contributed by atoms with Gasteiger partial charge in [-0.05, 0) is 41.0 Å². The van der Waals surface area contributed by atoms with E-state index in [-0.39, 0.29) is 10.8 Å². The predicted octanol–water partition coefficient (Wildman–Crippen LogP) is 7.94. The van der Waals surface area contributed by atoms with Crippen LogP contribution in [-0.4, -0.2) is 11.7 Å². The van der Waals surface area contributed by atoms with Crippen molar-refractivity contribution in [1.29, 1.82) is 0 Å². The Morgan fingerprint density at radius 2 is 1.12 bits per heavy atom. The molecular weight excluding hydrogens is 392 g/mol. The van der Waals surface area contributed by atoms with Gasteiger partial charge < -0.3 is 9.84 Å². The third-order valence-corrected chi connectivity index (χ3v) is 5.63. The molecule has 0 saturated carbocycles.